The first-order chi connectivity index (χ1) is 17.5. The minimum absolute atomic E-state index is 0.0909. The molecule has 0 unspecified atom stereocenters. The zero-order valence-electron chi connectivity index (χ0n) is 20.5. The van der Waals surface area contributed by atoms with Gasteiger partial charge in [-0.15, -0.1) is 6.58 Å². The second kappa shape index (κ2) is 12.6. The van der Waals surface area contributed by atoms with Crippen LogP contribution in [0.15, 0.2) is 36.3 Å². The molecule has 0 bridgehead atoms. The number of pyridine rings is 1. The highest BCUT2D eigenvalue weighted by atomic mass is 35.5. The molecule has 0 saturated heterocycles. The molecule has 2 aliphatic rings. The van der Waals surface area contributed by atoms with Crippen LogP contribution in [-0.2, 0) is 11.2 Å². The predicted molar refractivity (Wildman–Crippen MR) is 138 cm³/mol. The van der Waals surface area contributed by atoms with Gasteiger partial charge in [-0.2, -0.15) is 13.2 Å². The zero-order valence-corrected chi connectivity index (χ0v) is 22.0. The summed E-state index contributed by atoms with van der Waals surface area (Å²) in [7, 11) is 0. The second-order valence-corrected chi connectivity index (χ2v) is 10.7. The molecule has 0 aromatic carbocycles. The Hall–Kier alpha value is -2.13. The van der Waals surface area contributed by atoms with Crippen molar-refractivity contribution in [2.24, 2.45) is 5.92 Å². The SMILES string of the molecule is C=CC1CCC(N/C(=C(\C=N)C(=O)N(CCc2c(Cl)cncc2Cl)CC2(F)CCCC2)C(F)(F)F)CC1. The number of hydrogen-bond acceptors (Lipinski definition) is 4. The summed E-state index contributed by atoms with van der Waals surface area (Å²) in [5.41, 5.74) is -3.35. The molecule has 2 fully saturated rings. The van der Waals surface area contributed by atoms with Gasteiger partial charge in [-0.05, 0) is 56.4 Å². The summed E-state index contributed by atoms with van der Waals surface area (Å²) < 4.78 is 58.0. The fourth-order valence-corrected chi connectivity index (χ4v) is 5.67. The molecule has 2 aliphatic carbocycles. The Kier molecular flexibility index (Phi) is 10.0. The van der Waals surface area contributed by atoms with Gasteiger partial charge in [-0.25, -0.2) is 4.39 Å². The Bertz CT molecular complexity index is 996. The van der Waals surface area contributed by atoms with Gasteiger partial charge in [0.2, 0.25) is 0 Å². The molecule has 37 heavy (non-hydrogen) atoms. The maximum Gasteiger partial charge on any atom is 0.431 e. The second-order valence-electron chi connectivity index (χ2n) is 9.84. The van der Waals surface area contributed by atoms with Crippen molar-refractivity contribution in [2.75, 3.05) is 13.1 Å². The lowest BCUT2D eigenvalue weighted by molar-refractivity contribution is -0.130. The van der Waals surface area contributed by atoms with Crippen molar-refractivity contribution in [1.29, 1.82) is 5.41 Å². The van der Waals surface area contributed by atoms with E-state index in [4.69, 9.17) is 28.6 Å². The molecule has 204 valence electrons. The largest absolute Gasteiger partial charge is 0.431 e. The predicted octanol–water partition coefficient (Wildman–Crippen LogP) is 6.84. The maximum absolute atomic E-state index is 15.5. The average molecular weight is 563 g/mol. The monoisotopic (exact) mass is 562 g/mol. The number of allylic oxidation sites excluding steroid dienone is 2. The van der Waals surface area contributed by atoms with Crippen LogP contribution in [0.3, 0.4) is 0 Å². The third-order valence-corrected chi connectivity index (χ3v) is 7.88. The smallest absolute Gasteiger partial charge is 0.378 e. The number of rotatable bonds is 10. The standard InChI is InChI=1S/C26H32Cl2F4N4O/c1-2-17-5-7-18(8-6-17)35-23(26(30,31)32)20(13-33)24(37)36(16-25(29)10-3-4-11-25)12-9-19-21(27)14-34-15-22(19)28/h2,13-15,17-18,33,35H,1,3-12,16H2/b23-20+,33-13?. The van der Waals surface area contributed by atoms with Gasteiger partial charge in [0, 0.05) is 31.2 Å². The van der Waals surface area contributed by atoms with Gasteiger partial charge >= 0.3 is 6.18 Å². The number of carbonyl (C=O) groups is 1. The highest BCUT2D eigenvalue weighted by molar-refractivity contribution is 6.35. The molecule has 1 heterocycles. The van der Waals surface area contributed by atoms with Crippen molar-refractivity contribution in [1.82, 2.24) is 15.2 Å². The van der Waals surface area contributed by atoms with Crippen molar-refractivity contribution >= 4 is 35.3 Å². The van der Waals surface area contributed by atoms with Crippen molar-refractivity contribution in [2.45, 2.75) is 75.7 Å². The summed E-state index contributed by atoms with van der Waals surface area (Å²) in [6.07, 6.45) is 4.18. The number of hydrogen-bond donors (Lipinski definition) is 2. The number of nitrogens with one attached hydrogen (secondary N) is 2. The number of carbonyl (C=O) groups excluding carboxylic acids is 1. The van der Waals surface area contributed by atoms with E-state index in [9.17, 15) is 18.0 Å². The van der Waals surface area contributed by atoms with Crippen LogP contribution in [0.5, 0.6) is 0 Å². The Morgan fingerprint density at radius 3 is 2.30 bits per heavy atom. The van der Waals surface area contributed by atoms with Crippen LogP contribution < -0.4 is 5.32 Å². The summed E-state index contributed by atoms with van der Waals surface area (Å²) in [6.45, 7) is 3.25. The third-order valence-electron chi connectivity index (χ3n) is 7.23. The summed E-state index contributed by atoms with van der Waals surface area (Å²) in [4.78, 5) is 18.5. The first kappa shape index (κ1) is 29.4. The molecular formula is C26H32Cl2F4N4O. The van der Waals surface area contributed by atoms with Gasteiger partial charge in [-0.3, -0.25) is 9.78 Å². The molecule has 2 saturated carbocycles. The maximum atomic E-state index is 15.5. The van der Waals surface area contributed by atoms with E-state index >= 15 is 4.39 Å². The third kappa shape index (κ3) is 7.69. The van der Waals surface area contributed by atoms with Gasteiger partial charge < -0.3 is 15.6 Å². The molecule has 0 spiro atoms. The minimum Gasteiger partial charge on any atom is -0.378 e. The van der Waals surface area contributed by atoms with Crippen LogP contribution in [0.2, 0.25) is 10.0 Å². The molecule has 0 radical (unpaired) electrons. The Labute approximate surface area is 224 Å². The number of aromatic nitrogens is 1. The first-order valence-corrected chi connectivity index (χ1v) is 13.2. The molecule has 2 N–H and O–H groups in total. The lowest BCUT2D eigenvalue weighted by Crippen LogP contribution is -2.46. The summed E-state index contributed by atoms with van der Waals surface area (Å²) in [5.74, 6) is -0.811. The van der Waals surface area contributed by atoms with Crippen molar-refractivity contribution in [3.8, 4) is 0 Å². The number of alkyl halides is 4. The van der Waals surface area contributed by atoms with E-state index in [1.54, 1.807) is 6.08 Å². The lowest BCUT2D eigenvalue weighted by atomic mass is 9.86. The van der Waals surface area contributed by atoms with Crippen LogP contribution in [0.1, 0.15) is 56.9 Å². The zero-order chi connectivity index (χ0) is 27.2. The number of nitrogens with zero attached hydrogens (tertiary/aromatic N) is 2. The molecule has 1 aromatic heterocycles. The topological polar surface area (TPSA) is 69.1 Å². The molecule has 11 heteroatoms. The normalized spacial score (nSPS) is 22.2. The Balaban J connectivity index is 1.91. The molecule has 3 rings (SSSR count). The lowest BCUT2D eigenvalue weighted by Gasteiger charge is -2.33. The minimum atomic E-state index is -4.90. The van der Waals surface area contributed by atoms with Crippen molar-refractivity contribution in [3.63, 3.8) is 0 Å². The van der Waals surface area contributed by atoms with Gasteiger partial charge in [0.25, 0.3) is 5.91 Å². The molecule has 0 atom stereocenters. The van der Waals surface area contributed by atoms with E-state index in [2.05, 4.69) is 16.9 Å². The molecule has 1 aromatic rings. The van der Waals surface area contributed by atoms with Gasteiger partial charge in [0.05, 0.1) is 22.2 Å². The number of amides is 1. The van der Waals surface area contributed by atoms with Crippen LogP contribution in [0, 0.1) is 11.3 Å². The summed E-state index contributed by atoms with van der Waals surface area (Å²) in [6, 6.07) is -0.499. The Morgan fingerprint density at radius 2 is 1.78 bits per heavy atom. The van der Waals surface area contributed by atoms with Crippen molar-refractivity contribution < 1.29 is 22.4 Å². The van der Waals surface area contributed by atoms with Crippen LogP contribution >= 0.6 is 23.2 Å². The van der Waals surface area contributed by atoms with E-state index in [1.807, 2.05) is 0 Å². The highest BCUT2D eigenvalue weighted by Crippen LogP contribution is 2.36. The summed E-state index contributed by atoms with van der Waals surface area (Å²) in [5, 5.41) is 10.7. The quantitative estimate of drug-likeness (QED) is 0.142. The van der Waals surface area contributed by atoms with E-state index in [0.29, 0.717) is 50.3 Å². The molecular weight excluding hydrogens is 531 g/mol. The average Bonchev–Trinajstić information content (AvgIpc) is 3.28. The molecule has 1 amide bonds. The molecule has 5 nitrogen and oxygen atoms in total. The van der Waals surface area contributed by atoms with E-state index in [-0.39, 0.29) is 48.3 Å². The Morgan fingerprint density at radius 1 is 1.19 bits per heavy atom. The van der Waals surface area contributed by atoms with Crippen LogP contribution in [0.25, 0.3) is 0 Å². The van der Waals surface area contributed by atoms with Gasteiger partial charge in [-0.1, -0.05) is 42.1 Å². The first-order valence-electron chi connectivity index (χ1n) is 12.4. The fraction of sp³-hybridized carbons (Fsp3) is 0.577. The van der Waals surface area contributed by atoms with E-state index < -0.39 is 35.1 Å². The van der Waals surface area contributed by atoms with Crippen LogP contribution in [-0.4, -0.2) is 53.0 Å². The highest BCUT2D eigenvalue weighted by Gasteiger charge is 2.42. The number of halogens is 6. The van der Waals surface area contributed by atoms with E-state index in [0.717, 1.165) is 4.90 Å². The van der Waals surface area contributed by atoms with Crippen LogP contribution in [0.4, 0.5) is 17.6 Å². The van der Waals surface area contributed by atoms with Crippen molar-refractivity contribution in [3.05, 3.63) is 51.9 Å². The molecule has 0 aliphatic heterocycles. The summed E-state index contributed by atoms with van der Waals surface area (Å²) >= 11 is 12.4. The van der Waals surface area contributed by atoms with Gasteiger partial charge in [0.1, 0.15) is 11.4 Å². The van der Waals surface area contributed by atoms with Gasteiger partial charge in [0.15, 0.2) is 0 Å². The fourth-order valence-electron chi connectivity index (χ4n) is 5.11. The van der Waals surface area contributed by atoms with E-state index in [1.165, 1.54) is 12.4 Å².